The first-order valence-electron chi connectivity index (χ1n) is 9.82. The zero-order valence-electron chi connectivity index (χ0n) is 16.0. The minimum Gasteiger partial charge on any atom is -0.352 e. The molecule has 1 aliphatic heterocycles. The Labute approximate surface area is 170 Å². The molecule has 0 saturated carbocycles. The predicted molar refractivity (Wildman–Crippen MR) is 115 cm³/mol. The van der Waals surface area contributed by atoms with E-state index in [1.54, 1.807) is 23.1 Å². The lowest BCUT2D eigenvalue weighted by Crippen LogP contribution is -2.34. The Balaban J connectivity index is 1.39. The quantitative estimate of drug-likeness (QED) is 0.488. The Morgan fingerprint density at radius 2 is 2.11 bits per heavy atom. The maximum atomic E-state index is 12.6. The van der Waals surface area contributed by atoms with Crippen LogP contribution < -0.4 is 5.32 Å². The molecule has 6 heteroatoms. The fourth-order valence-corrected chi connectivity index (χ4v) is 4.90. The van der Waals surface area contributed by atoms with E-state index in [1.807, 2.05) is 29.8 Å². The van der Waals surface area contributed by atoms with Crippen molar-refractivity contribution in [3.05, 3.63) is 46.4 Å². The molecule has 3 rings (SSSR count). The molecule has 27 heavy (non-hydrogen) atoms. The van der Waals surface area contributed by atoms with Crippen LogP contribution in [0.3, 0.4) is 0 Å². The van der Waals surface area contributed by atoms with Gasteiger partial charge in [-0.2, -0.15) is 0 Å². The Morgan fingerprint density at radius 1 is 1.30 bits per heavy atom. The van der Waals surface area contributed by atoms with Crippen LogP contribution in [0.15, 0.2) is 40.1 Å². The fraction of sp³-hybridized carbons (Fsp3) is 0.524. The number of unbranched alkanes of at least 4 members (excludes halogenated alkanes) is 1. The van der Waals surface area contributed by atoms with Gasteiger partial charge in [-0.05, 0) is 63.4 Å². The van der Waals surface area contributed by atoms with Crippen molar-refractivity contribution in [2.75, 3.05) is 26.2 Å². The average Bonchev–Trinajstić information content (AvgIpc) is 3.21. The molecule has 4 nitrogen and oxygen atoms in total. The maximum Gasteiger partial charge on any atom is 0.252 e. The molecule has 1 fully saturated rings. The van der Waals surface area contributed by atoms with Crippen molar-refractivity contribution in [2.45, 2.75) is 43.3 Å². The van der Waals surface area contributed by atoms with Gasteiger partial charge in [0.2, 0.25) is 0 Å². The lowest BCUT2D eigenvalue weighted by atomic mass is 9.99. The number of benzene rings is 1. The van der Waals surface area contributed by atoms with Gasteiger partial charge in [0.1, 0.15) is 0 Å². The van der Waals surface area contributed by atoms with Gasteiger partial charge in [0.15, 0.2) is 0 Å². The SMILES string of the molecule is CC1CCN(CCCCNC(=O)c2ccccc2SCc2cscn2)CC1. The van der Waals surface area contributed by atoms with Crippen LogP contribution in [0.25, 0.3) is 0 Å². The molecule has 1 aliphatic rings. The van der Waals surface area contributed by atoms with E-state index in [2.05, 4.69) is 27.5 Å². The zero-order valence-corrected chi connectivity index (χ0v) is 17.7. The summed E-state index contributed by atoms with van der Waals surface area (Å²) in [5, 5.41) is 5.15. The largest absolute Gasteiger partial charge is 0.352 e. The van der Waals surface area contributed by atoms with Crippen LogP contribution in [-0.4, -0.2) is 42.0 Å². The topological polar surface area (TPSA) is 45.2 Å². The van der Waals surface area contributed by atoms with E-state index in [1.165, 1.54) is 25.9 Å². The third-order valence-corrected chi connectivity index (χ3v) is 6.80. The monoisotopic (exact) mass is 403 g/mol. The number of nitrogens with zero attached hydrogens (tertiary/aromatic N) is 2. The highest BCUT2D eigenvalue weighted by Gasteiger charge is 2.15. The number of aromatic nitrogens is 1. The molecule has 0 bridgehead atoms. The highest BCUT2D eigenvalue weighted by atomic mass is 32.2. The van der Waals surface area contributed by atoms with E-state index < -0.39 is 0 Å². The van der Waals surface area contributed by atoms with Crippen molar-refractivity contribution in [1.29, 1.82) is 0 Å². The van der Waals surface area contributed by atoms with E-state index in [9.17, 15) is 4.79 Å². The number of amides is 1. The number of piperidine rings is 1. The Kier molecular flexibility index (Phi) is 8.17. The van der Waals surface area contributed by atoms with Gasteiger partial charge in [0.25, 0.3) is 5.91 Å². The summed E-state index contributed by atoms with van der Waals surface area (Å²) in [5.74, 6) is 1.71. The normalized spacial score (nSPS) is 15.7. The molecule has 1 amide bonds. The standard InChI is InChI=1S/C21H29N3OS2/c1-17-8-12-24(13-9-17)11-5-4-10-22-21(25)19-6-2-3-7-20(19)27-15-18-14-26-16-23-18/h2-3,6-7,14,16-17H,4-5,8-13,15H2,1H3,(H,22,25). The molecule has 146 valence electrons. The molecule has 0 unspecified atom stereocenters. The first-order chi connectivity index (χ1) is 13.2. The molecule has 2 aromatic rings. The third-order valence-electron chi connectivity index (χ3n) is 5.05. The van der Waals surface area contributed by atoms with Crippen LogP contribution in [0, 0.1) is 5.92 Å². The number of nitrogens with one attached hydrogen (secondary N) is 1. The molecular formula is C21H29N3OS2. The van der Waals surface area contributed by atoms with Crippen LogP contribution in [0.5, 0.6) is 0 Å². The lowest BCUT2D eigenvalue weighted by molar-refractivity contribution is 0.0949. The Bertz CT molecular complexity index is 697. The van der Waals surface area contributed by atoms with Gasteiger partial charge >= 0.3 is 0 Å². The predicted octanol–water partition coefficient (Wildman–Crippen LogP) is 4.68. The molecule has 0 spiro atoms. The summed E-state index contributed by atoms with van der Waals surface area (Å²) >= 11 is 3.28. The summed E-state index contributed by atoms with van der Waals surface area (Å²) in [6, 6.07) is 7.84. The number of carbonyl (C=O) groups excluding carboxylic acids is 1. The highest BCUT2D eigenvalue weighted by Crippen LogP contribution is 2.26. The number of rotatable bonds is 9. The minimum atomic E-state index is 0.0307. The maximum absolute atomic E-state index is 12.6. The molecule has 1 saturated heterocycles. The highest BCUT2D eigenvalue weighted by molar-refractivity contribution is 7.98. The second kappa shape index (κ2) is 10.8. The molecule has 0 atom stereocenters. The van der Waals surface area contributed by atoms with Gasteiger partial charge in [-0.25, -0.2) is 4.98 Å². The summed E-state index contributed by atoms with van der Waals surface area (Å²) in [7, 11) is 0. The first kappa shape index (κ1) is 20.4. The van der Waals surface area contributed by atoms with Gasteiger partial charge in [-0.3, -0.25) is 4.79 Å². The number of thioether (sulfide) groups is 1. The van der Waals surface area contributed by atoms with Crippen LogP contribution in [0.4, 0.5) is 0 Å². The number of carbonyl (C=O) groups is 1. The second-order valence-electron chi connectivity index (χ2n) is 7.25. The van der Waals surface area contributed by atoms with E-state index in [0.29, 0.717) is 0 Å². The van der Waals surface area contributed by atoms with Crippen molar-refractivity contribution in [3.8, 4) is 0 Å². The van der Waals surface area contributed by atoms with E-state index in [-0.39, 0.29) is 5.91 Å². The van der Waals surface area contributed by atoms with Gasteiger partial charge in [-0.15, -0.1) is 23.1 Å². The van der Waals surface area contributed by atoms with E-state index >= 15 is 0 Å². The van der Waals surface area contributed by atoms with Gasteiger partial charge in [0, 0.05) is 22.6 Å². The van der Waals surface area contributed by atoms with Crippen molar-refractivity contribution in [3.63, 3.8) is 0 Å². The number of thiazole rings is 1. The summed E-state index contributed by atoms with van der Waals surface area (Å²) in [6.07, 6.45) is 4.83. The average molecular weight is 404 g/mol. The van der Waals surface area contributed by atoms with Gasteiger partial charge < -0.3 is 10.2 Å². The van der Waals surface area contributed by atoms with Crippen LogP contribution in [-0.2, 0) is 5.75 Å². The smallest absolute Gasteiger partial charge is 0.252 e. The third kappa shape index (κ3) is 6.63. The second-order valence-corrected chi connectivity index (χ2v) is 8.99. The number of hydrogen-bond donors (Lipinski definition) is 1. The van der Waals surface area contributed by atoms with Crippen molar-refractivity contribution < 1.29 is 4.79 Å². The molecular weight excluding hydrogens is 374 g/mol. The zero-order chi connectivity index (χ0) is 18.9. The minimum absolute atomic E-state index is 0.0307. The summed E-state index contributed by atoms with van der Waals surface area (Å²) < 4.78 is 0. The summed E-state index contributed by atoms with van der Waals surface area (Å²) in [6.45, 7) is 6.71. The lowest BCUT2D eigenvalue weighted by Gasteiger charge is -2.30. The Morgan fingerprint density at radius 3 is 2.89 bits per heavy atom. The molecule has 1 aromatic heterocycles. The summed E-state index contributed by atoms with van der Waals surface area (Å²) in [5.41, 5.74) is 3.67. The van der Waals surface area contributed by atoms with Crippen molar-refractivity contribution >= 4 is 29.0 Å². The molecule has 0 aliphatic carbocycles. The van der Waals surface area contributed by atoms with Gasteiger partial charge in [0.05, 0.1) is 16.8 Å². The molecule has 0 radical (unpaired) electrons. The van der Waals surface area contributed by atoms with E-state index in [0.717, 1.165) is 53.8 Å². The van der Waals surface area contributed by atoms with Crippen LogP contribution >= 0.6 is 23.1 Å². The first-order valence-corrected chi connectivity index (χ1v) is 11.7. The fourth-order valence-electron chi connectivity index (χ4n) is 3.28. The van der Waals surface area contributed by atoms with Crippen molar-refractivity contribution in [1.82, 2.24) is 15.2 Å². The van der Waals surface area contributed by atoms with Crippen LogP contribution in [0.1, 0.15) is 48.7 Å². The summed E-state index contributed by atoms with van der Waals surface area (Å²) in [4.78, 5) is 20.5. The van der Waals surface area contributed by atoms with Gasteiger partial charge in [-0.1, -0.05) is 19.1 Å². The van der Waals surface area contributed by atoms with Crippen molar-refractivity contribution in [2.24, 2.45) is 5.92 Å². The molecule has 1 aromatic carbocycles. The molecule has 2 heterocycles. The number of hydrogen-bond acceptors (Lipinski definition) is 5. The Hall–Kier alpha value is -1.37. The van der Waals surface area contributed by atoms with Crippen LogP contribution in [0.2, 0.25) is 0 Å². The molecule has 1 N–H and O–H groups in total. The van der Waals surface area contributed by atoms with E-state index in [4.69, 9.17) is 0 Å². The number of likely N-dealkylation sites (tertiary alicyclic amines) is 1.